The molecule has 2 rings (SSSR count). The van der Waals surface area contributed by atoms with Gasteiger partial charge in [0.2, 0.25) is 15.9 Å². The van der Waals surface area contributed by atoms with Crippen LogP contribution in [0.5, 0.6) is 5.75 Å². The van der Waals surface area contributed by atoms with Crippen molar-refractivity contribution in [1.82, 2.24) is 10.2 Å². The normalized spacial score (nSPS) is 16.4. The third kappa shape index (κ3) is 6.35. The van der Waals surface area contributed by atoms with Crippen molar-refractivity contribution >= 4 is 21.6 Å². The van der Waals surface area contributed by atoms with Crippen molar-refractivity contribution in [3.05, 3.63) is 24.3 Å². The molecule has 1 aromatic rings. The number of carbonyl (C=O) groups excluding carboxylic acids is 1. The van der Waals surface area contributed by atoms with E-state index in [1.807, 2.05) is 0 Å². The van der Waals surface area contributed by atoms with Gasteiger partial charge in [0.05, 0.1) is 32.3 Å². The minimum absolute atomic E-state index is 0.294. The van der Waals surface area contributed by atoms with Gasteiger partial charge in [-0.2, -0.15) is 0 Å². The van der Waals surface area contributed by atoms with Crippen LogP contribution in [-0.4, -0.2) is 78.0 Å². The Labute approximate surface area is 167 Å². The Kier molecular flexibility index (Phi) is 8.53. The molecule has 1 N–H and O–H groups in total. The highest BCUT2D eigenvalue weighted by Crippen LogP contribution is 2.26. The molecule has 0 aromatic heterocycles. The van der Waals surface area contributed by atoms with Gasteiger partial charge in [0.1, 0.15) is 11.8 Å². The molecule has 1 atom stereocenters. The molecule has 1 heterocycles. The van der Waals surface area contributed by atoms with E-state index in [-0.39, 0.29) is 5.91 Å². The summed E-state index contributed by atoms with van der Waals surface area (Å²) in [5.74, 6) is 0.240. The molecular weight excluding hydrogens is 382 g/mol. The molecule has 1 fully saturated rings. The molecule has 0 saturated carbocycles. The van der Waals surface area contributed by atoms with E-state index in [0.29, 0.717) is 24.4 Å². The van der Waals surface area contributed by atoms with Gasteiger partial charge in [-0.25, -0.2) is 8.42 Å². The first-order valence-electron chi connectivity index (χ1n) is 9.58. The van der Waals surface area contributed by atoms with Crippen LogP contribution in [0, 0.1) is 0 Å². The number of rotatable bonds is 10. The van der Waals surface area contributed by atoms with Gasteiger partial charge in [-0.1, -0.05) is 13.0 Å². The molecule has 1 aliphatic heterocycles. The predicted molar refractivity (Wildman–Crippen MR) is 109 cm³/mol. The lowest BCUT2D eigenvalue weighted by atomic mass is 10.2. The summed E-state index contributed by atoms with van der Waals surface area (Å²) in [4.78, 5) is 15.1. The Hall–Kier alpha value is -1.84. The maximum atomic E-state index is 12.8. The van der Waals surface area contributed by atoms with Gasteiger partial charge in [0, 0.05) is 25.7 Å². The van der Waals surface area contributed by atoms with Gasteiger partial charge in [0.25, 0.3) is 0 Å². The van der Waals surface area contributed by atoms with Gasteiger partial charge in [-0.15, -0.1) is 0 Å². The van der Waals surface area contributed by atoms with E-state index in [1.54, 1.807) is 31.2 Å². The smallest absolute Gasteiger partial charge is 0.243 e. The van der Waals surface area contributed by atoms with E-state index < -0.39 is 16.1 Å². The van der Waals surface area contributed by atoms with Crippen molar-refractivity contribution in [3.63, 3.8) is 0 Å². The Morgan fingerprint density at radius 1 is 1.36 bits per heavy atom. The molecule has 1 saturated heterocycles. The fourth-order valence-corrected chi connectivity index (χ4v) is 4.47. The van der Waals surface area contributed by atoms with E-state index in [1.165, 1.54) is 11.4 Å². The largest absolute Gasteiger partial charge is 0.497 e. The molecular formula is C19H31N3O5S. The van der Waals surface area contributed by atoms with Gasteiger partial charge in [-0.3, -0.25) is 14.0 Å². The predicted octanol–water partition coefficient (Wildman–Crippen LogP) is 1.08. The number of amides is 1. The zero-order valence-corrected chi connectivity index (χ0v) is 17.7. The summed E-state index contributed by atoms with van der Waals surface area (Å²) >= 11 is 0. The van der Waals surface area contributed by atoms with Gasteiger partial charge in [0.15, 0.2) is 0 Å². The molecule has 0 aliphatic carbocycles. The minimum Gasteiger partial charge on any atom is -0.497 e. The number of methoxy groups -OCH3 is 1. The summed E-state index contributed by atoms with van der Waals surface area (Å²) in [6.45, 7) is 6.49. The first-order valence-corrected chi connectivity index (χ1v) is 11.4. The lowest BCUT2D eigenvalue weighted by molar-refractivity contribution is -0.122. The quantitative estimate of drug-likeness (QED) is 0.578. The summed E-state index contributed by atoms with van der Waals surface area (Å²) in [6, 6.07) is 5.91. The fourth-order valence-electron chi connectivity index (χ4n) is 3.26. The van der Waals surface area contributed by atoms with Gasteiger partial charge < -0.3 is 14.8 Å². The molecule has 0 radical (unpaired) electrons. The maximum absolute atomic E-state index is 12.8. The molecule has 9 heteroatoms. The van der Waals surface area contributed by atoms with Crippen LogP contribution in [0.4, 0.5) is 5.69 Å². The van der Waals surface area contributed by atoms with Crippen LogP contribution in [-0.2, 0) is 19.6 Å². The third-order valence-electron chi connectivity index (χ3n) is 4.69. The summed E-state index contributed by atoms with van der Waals surface area (Å²) in [7, 11) is -2.14. The molecule has 0 bridgehead atoms. The highest BCUT2D eigenvalue weighted by molar-refractivity contribution is 7.92. The standard InChI is InChI=1S/C19H31N3O5S/c1-4-18(19(23)20-9-6-10-21-11-13-27-14-12-21)22(28(3,24)25)16-7-5-8-17(15-16)26-2/h5,7-8,15,18H,4,6,9-14H2,1-3H3,(H,20,23)/t18-/m1/s1. The average Bonchev–Trinajstić information content (AvgIpc) is 2.69. The molecule has 1 aliphatic rings. The Morgan fingerprint density at radius 3 is 2.68 bits per heavy atom. The number of hydrogen-bond donors (Lipinski definition) is 1. The number of nitrogens with one attached hydrogen (secondary N) is 1. The van der Waals surface area contributed by atoms with Crippen molar-refractivity contribution < 1.29 is 22.7 Å². The molecule has 0 unspecified atom stereocenters. The third-order valence-corrected chi connectivity index (χ3v) is 5.87. The summed E-state index contributed by atoms with van der Waals surface area (Å²) in [5.41, 5.74) is 0.414. The molecule has 28 heavy (non-hydrogen) atoms. The van der Waals surface area contributed by atoms with Gasteiger partial charge in [-0.05, 0) is 31.5 Å². The molecule has 158 valence electrons. The first kappa shape index (κ1) is 22.4. The SMILES string of the molecule is CC[C@H](C(=O)NCCCN1CCOCC1)N(c1cccc(OC)c1)S(C)(=O)=O. The number of ether oxygens (including phenoxy) is 2. The fraction of sp³-hybridized carbons (Fsp3) is 0.632. The van der Waals surface area contributed by atoms with Crippen molar-refractivity contribution in [2.75, 3.05) is 57.1 Å². The number of benzene rings is 1. The molecule has 8 nitrogen and oxygen atoms in total. The summed E-state index contributed by atoms with van der Waals surface area (Å²) in [6.07, 6.45) is 2.28. The van der Waals surface area contributed by atoms with Crippen LogP contribution in [0.3, 0.4) is 0 Å². The van der Waals surface area contributed by atoms with Crippen LogP contribution in [0.1, 0.15) is 19.8 Å². The van der Waals surface area contributed by atoms with E-state index in [2.05, 4.69) is 10.2 Å². The molecule has 1 aromatic carbocycles. The van der Waals surface area contributed by atoms with E-state index in [9.17, 15) is 13.2 Å². The summed E-state index contributed by atoms with van der Waals surface area (Å²) < 4.78 is 36.6. The zero-order valence-electron chi connectivity index (χ0n) is 16.9. The number of hydrogen-bond acceptors (Lipinski definition) is 6. The monoisotopic (exact) mass is 413 g/mol. The highest BCUT2D eigenvalue weighted by Gasteiger charge is 2.31. The van der Waals surface area contributed by atoms with E-state index in [0.717, 1.165) is 45.5 Å². The van der Waals surface area contributed by atoms with Crippen molar-refractivity contribution in [2.24, 2.45) is 0 Å². The van der Waals surface area contributed by atoms with Crippen LogP contribution < -0.4 is 14.4 Å². The van der Waals surface area contributed by atoms with E-state index >= 15 is 0 Å². The van der Waals surface area contributed by atoms with Crippen LogP contribution in [0.2, 0.25) is 0 Å². The van der Waals surface area contributed by atoms with E-state index in [4.69, 9.17) is 9.47 Å². The maximum Gasteiger partial charge on any atom is 0.243 e. The lowest BCUT2D eigenvalue weighted by Gasteiger charge is -2.30. The van der Waals surface area contributed by atoms with Crippen LogP contribution in [0.15, 0.2) is 24.3 Å². The number of carbonyl (C=O) groups is 1. The number of sulfonamides is 1. The van der Waals surface area contributed by atoms with Crippen molar-refractivity contribution in [2.45, 2.75) is 25.8 Å². The number of morpholine rings is 1. The molecule has 1 amide bonds. The van der Waals surface area contributed by atoms with Crippen LogP contribution in [0.25, 0.3) is 0 Å². The topological polar surface area (TPSA) is 88.2 Å². The Bertz CT molecular complexity index is 735. The Morgan fingerprint density at radius 2 is 2.07 bits per heavy atom. The number of anilines is 1. The van der Waals surface area contributed by atoms with Crippen molar-refractivity contribution in [1.29, 1.82) is 0 Å². The van der Waals surface area contributed by atoms with Crippen LogP contribution >= 0.6 is 0 Å². The summed E-state index contributed by atoms with van der Waals surface area (Å²) in [5, 5.41) is 2.89. The second-order valence-electron chi connectivity index (χ2n) is 6.78. The zero-order chi connectivity index (χ0) is 20.6. The second-order valence-corrected chi connectivity index (χ2v) is 8.64. The number of nitrogens with zero attached hydrogens (tertiary/aromatic N) is 2. The average molecular weight is 414 g/mol. The van der Waals surface area contributed by atoms with Gasteiger partial charge >= 0.3 is 0 Å². The Balaban J connectivity index is 2.02. The molecule has 0 spiro atoms. The first-order chi connectivity index (χ1) is 13.4. The second kappa shape index (κ2) is 10.6. The van der Waals surface area contributed by atoms with Crippen molar-refractivity contribution in [3.8, 4) is 5.75 Å². The minimum atomic E-state index is -3.65. The lowest BCUT2D eigenvalue weighted by Crippen LogP contribution is -2.49. The highest BCUT2D eigenvalue weighted by atomic mass is 32.2.